The smallest absolute Gasteiger partial charge is 0.481 e. The molecule has 1 aromatic carbocycles. The van der Waals surface area contributed by atoms with Crippen LogP contribution in [0.5, 0.6) is 0 Å². The summed E-state index contributed by atoms with van der Waals surface area (Å²) in [5, 5.41) is 13.4. The van der Waals surface area contributed by atoms with E-state index in [0.717, 1.165) is 10.0 Å². The third-order valence-corrected chi connectivity index (χ3v) is 8.20. The van der Waals surface area contributed by atoms with Gasteiger partial charge in [0.1, 0.15) is 5.76 Å². The van der Waals surface area contributed by atoms with Gasteiger partial charge < -0.3 is 20.1 Å². The van der Waals surface area contributed by atoms with E-state index < -0.39 is 36.2 Å². The Morgan fingerprint density at radius 2 is 2.02 bits per heavy atom. The number of alkyl halides is 3. The third kappa shape index (κ3) is 7.32. The van der Waals surface area contributed by atoms with E-state index in [1.165, 1.54) is 12.2 Å². The van der Waals surface area contributed by atoms with E-state index in [4.69, 9.17) is 4.98 Å². The zero-order valence-electron chi connectivity index (χ0n) is 24.5. The SMILES string of the molecule is C=C/C=C\C(=C/C)c1nc2ccc(Br)cc2c(C(=O)NC2C=CC(C(=O)O)CC2N(C)C2=C(OC(F)(F)F)CCC=C2)c1C. The normalized spacial score (nSPS) is 20.7. The lowest BCUT2D eigenvalue weighted by atomic mass is 9.86. The maximum absolute atomic E-state index is 14.2. The summed E-state index contributed by atoms with van der Waals surface area (Å²) in [4.78, 5) is 32.5. The predicted octanol–water partition coefficient (Wildman–Crippen LogP) is 7.61. The molecule has 3 atom stereocenters. The van der Waals surface area contributed by atoms with E-state index in [1.54, 1.807) is 36.3 Å². The van der Waals surface area contributed by atoms with Crippen LogP contribution in [0.1, 0.15) is 47.8 Å². The molecule has 11 heteroatoms. The van der Waals surface area contributed by atoms with Crippen LogP contribution in [0, 0.1) is 12.8 Å². The molecule has 0 spiro atoms. The number of pyridine rings is 1. The minimum absolute atomic E-state index is 0.0328. The molecule has 0 radical (unpaired) electrons. The second kappa shape index (κ2) is 13.7. The Morgan fingerprint density at radius 3 is 2.68 bits per heavy atom. The fourth-order valence-electron chi connectivity index (χ4n) is 5.57. The summed E-state index contributed by atoms with van der Waals surface area (Å²) in [5.74, 6) is -2.65. The number of nitrogens with one attached hydrogen (secondary N) is 1. The van der Waals surface area contributed by atoms with E-state index in [0.29, 0.717) is 34.1 Å². The number of nitrogens with zero attached hydrogens (tertiary/aromatic N) is 2. The standard InChI is InChI=1S/C33H33BrF3N3O4/c1-5-7-10-20(6-2)30-19(3)29(23-18-22(34)14-16-24(23)38-30)31(41)39-25-15-13-21(32(42)43)17-27(25)40(4)26-11-8-9-12-28(26)44-33(35,36)37/h5-8,10-11,13-16,18,21,25,27H,1,9,12,17H2,2-4H3,(H,39,41)(H,42,43)/b10-7-,20-6+. The number of benzene rings is 1. The van der Waals surface area contributed by atoms with Crippen LogP contribution in [0.4, 0.5) is 13.2 Å². The van der Waals surface area contributed by atoms with E-state index in [1.807, 2.05) is 44.2 Å². The number of carbonyl (C=O) groups excluding carboxylic acids is 1. The number of aliphatic carboxylic acids is 1. The monoisotopic (exact) mass is 671 g/mol. The van der Waals surface area contributed by atoms with E-state index in [-0.39, 0.29) is 24.3 Å². The Balaban J connectivity index is 1.79. The van der Waals surface area contributed by atoms with Gasteiger partial charge in [-0.25, -0.2) is 4.98 Å². The van der Waals surface area contributed by atoms with Crippen molar-refractivity contribution >= 4 is 44.3 Å². The summed E-state index contributed by atoms with van der Waals surface area (Å²) in [5.41, 5.74) is 3.17. The average Bonchev–Trinajstić information content (AvgIpc) is 2.97. The number of ether oxygens (including phenoxy) is 1. The number of carbonyl (C=O) groups is 2. The lowest BCUT2D eigenvalue weighted by Crippen LogP contribution is -2.52. The fourth-order valence-corrected chi connectivity index (χ4v) is 5.93. The second-order valence-electron chi connectivity index (χ2n) is 10.5. The third-order valence-electron chi connectivity index (χ3n) is 7.71. The quantitative estimate of drug-likeness (QED) is 0.211. The lowest BCUT2D eigenvalue weighted by Gasteiger charge is -2.40. The van der Waals surface area contributed by atoms with Gasteiger partial charge >= 0.3 is 12.3 Å². The van der Waals surface area contributed by atoms with Crippen LogP contribution in [0.15, 0.2) is 89.3 Å². The van der Waals surface area contributed by atoms with Crippen LogP contribution in [0.2, 0.25) is 0 Å². The van der Waals surface area contributed by atoms with E-state index in [9.17, 15) is 27.9 Å². The van der Waals surface area contributed by atoms with Crippen molar-refractivity contribution in [1.29, 1.82) is 0 Å². The maximum atomic E-state index is 14.2. The molecule has 0 saturated heterocycles. The van der Waals surface area contributed by atoms with Gasteiger partial charge in [-0.15, -0.1) is 13.2 Å². The highest BCUT2D eigenvalue weighted by molar-refractivity contribution is 9.10. The highest BCUT2D eigenvalue weighted by Gasteiger charge is 2.38. The molecule has 2 aliphatic carbocycles. The van der Waals surface area contributed by atoms with Crippen molar-refractivity contribution in [3.63, 3.8) is 0 Å². The minimum atomic E-state index is -4.88. The van der Waals surface area contributed by atoms with Crippen LogP contribution in [0.25, 0.3) is 16.5 Å². The van der Waals surface area contributed by atoms with Crippen molar-refractivity contribution in [1.82, 2.24) is 15.2 Å². The zero-order chi connectivity index (χ0) is 32.2. The Labute approximate surface area is 262 Å². The molecule has 0 aliphatic heterocycles. The van der Waals surface area contributed by atoms with Gasteiger partial charge in [-0.1, -0.05) is 65.0 Å². The van der Waals surface area contributed by atoms with Gasteiger partial charge in [0.05, 0.1) is 40.5 Å². The van der Waals surface area contributed by atoms with Crippen LogP contribution in [-0.2, 0) is 9.53 Å². The number of fused-ring (bicyclic) bond motifs is 1. The van der Waals surface area contributed by atoms with E-state index in [2.05, 4.69) is 32.6 Å². The first-order valence-corrected chi connectivity index (χ1v) is 14.8. The number of rotatable bonds is 9. The molecule has 0 fully saturated rings. The number of hydrogen-bond acceptors (Lipinski definition) is 5. The highest BCUT2D eigenvalue weighted by Crippen LogP contribution is 2.34. The van der Waals surface area contributed by atoms with Gasteiger partial charge in [-0.05, 0) is 62.1 Å². The Kier molecular flexibility index (Phi) is 10.2. The van der Waals surface area contributed by atoms with Crippen molar-refractivity contribution in [3.8, 4) is 0 Å². The number of hydrogen-bond donors (Lipinski definition) is 2. The Bertz CT molecular complexity index is 1620. The number of carboxylic acids is 1. The highest BCUT2D eigenvalue weighted by atomic mass is 79.9. The summed E-state index contributed by atoms with van der Waals surface area (Å²) in [7, 11) is 1.58. The molecule has 3 unspecified atom stereocenters. The summed E-state index contributed by atoms with van der Waals surface area (Å²) < 4.78 is 44.8. The average molecular weight is 673 g/mol. The minimum Gasteiger partial charge on any atom is -0.481 e. The molecule has 0 saturated carbocycles. The van der Waals surface area contributed by atoms with Gasteiger partial charge in [-0.3, -0.25) is 9.59 Å². The lowest BCUT2D eigenvalue weighted by molar-refractivity contribution is -0.307. The topological polar surface area (TPSA) is 91.8 Å². The molecule has 1 amide bonds. The van der Waals surface area contributed by atoms with Crippen LogP contribution in [0.3, 0.4) is 0 Å². The number of allylic oxidation sites excluding steroid dienone is 8. The first-order chi connectivity index (χ1) is 20.8. The van der Waals surface area contributed by atoms with E-state index >= 15 is 0 Å². The van der Waals surface area contributed by atoms with Crippen molar-refractivity contribution in [2.24, 2.45) is 5.92 Å². The van der Waals surface area contributed by atoms with Crippen LogP contribution >= 0.6 is 15.9 Å². The maximum Gasteiger partial charge on any atom is 0.572 e. The first-order valence-electron chi connectivity index (χ1n) is 14.0. The van der Waals surface area contributed by atoms with Crippen LogP contribution in [-0.4, -0.2) is 52.4 Å². The summed E-state index contributed by atoms with van der Waals surface area (Å²) in [6.45, 7) is 7.40. The molecule has 1 aromatic heterocycles. The summed E-state index contributed by atoms with van der Waals surface area (Å²) in [6, 6.07) is 4.01. The molecule has 1 heterocycles. The molecular formula is C33H33BrF3N3O4. The molecule has 2 aliphatic rings. The number of aromatic nitrogens is 1. The molecule has 2 aromatic rings. The fraction of sp³-hybridized carbons (Fsp3) is 0.303. The van der Waals surface area contributed by atoms with Crippen molar-refractivity contribution < 1.29 is 32.6 Å². The summed E-state index contributed by atoms with van der Waals surface area (Å²) >= 11 is 3.48. The molecule has 2 N–H and O–H groups in total. The van der Waals surface area contributed by atoms with Gasteiger partial charge in [-0.2, -0.15) is 0 Å². The number of amides is 1. The molecule has 7 nitrogen and oxygen atoms in total. The largest absolute Gasteiger partial charge is 0.572 e. The van der Waals surface area contributed by atoms with Crippen molar-refractivity contribution in [3.05, 3.63) is 106 Å². The zero-order valence-corrected chi connectivity index (χ0v) is 26.1. The van der Waals surface area contributed by atoms with Gasteiger partial charge in [0.15, 0.2) is 0 Å². The summed E-state index contributed by atoms with van der Waals surface area (Å²) in [6.07, 6.45) is 9.10. The number of carboxylic acid groups (broad SMARTS) is 1. The van der Waals surface area contributed by atoms with Gasteiger partial charge in [0, 0.05) is 23.3 Å². The van der Waals surface area contributed by atoms with Crippen molar-refractivity contribution in [2.75, 3.05) is 7.05 Å². The molecule has 232 valence electrons. The van der Waals surface area contributed by atoms with Crippen molar-refractivity contribution in [2.45, 2.75) is 51.6 Å². The van der Waals surface area contributed by atoms with Gasteiger partial charge in [0.25, 0.3) is 5.91 Å². The molecule has 44 heavy (non-hydrogen) atoms. The predicted molar refractivity (Wildman–Crippen MR) is 167 cm³/mol. The second-order valence-corrected chi connectivity index (χ2v) is 11.4. The first kappa shape index (κ1) is 32.8. The molecule has 0 bridgehead atoms. The van der Waals surface area contributed by atoms with Crippen LogP contribution < -0.4 is 5.32 Å². The Hall–Kier alpha value is -4.12. The number of likely N-dealkylation sites (N-methyl/N-ethyl adjacent to an activating group) is 1. The molecule has 4 rings (SSSR count). The van der Waals surface area contributed by atoms with Gasteiger partial charge in [0.2, 0.25) is 0 Å². The molecular weight excluding hydrogens is 639 g/mol. The Morgan fingerprint density at radius 1 is 1.27 bits per heavy atom. The number of halogens is 4.